The number of aromatic amines is 1. The number of nitrogen functional groups attached to an aromatic ring is 1. The molecule has 0 radical (unpaired) electrons. The molecule has 21 heavy (non-hydrogen) atoms. The molecule has 0 spiro atoms. The maximum Gasteiger partial charge on any atom is 0.153 e. The molecule has 0 saturated carbocycles. The summed E-state index contributed by atoms with van der Waals surface area (Å²) in [6.45, 7) is 1.93. The number of nitrogens with one attached hydrogen (secondary N) is 1. The Hall–Kier alpha value is -2.04. The minimum atomic E-state index is 0.392. The highest BCUT2D eigenvalue weighted by molar-refractivity contribution is 6.36. The van der Waals surface area contributed by atoms with Crippen molar-refractivity contribution in [2.24, 2.45) is 0 Å². The van der Waals surface area contributed by atoms with E-state index in [9.17, 15) is 0 Å². The van der Waals surface area contributed by atoms with Crippen LogP contribution in [0.2, 0.25) is 10.0 Å². The number of hydrogen-bond donors (Lipinski definition) is 2. The van der Waals surface area contributed by atoms with Crippen LogP contribution < -0.4 is 5.73 Å². The minimum Gasteiger partial charge on any atom is -0.382 e. The van der Waals surface area contributed by atoms with Crippen LogP contribution in [0.25, 0.3) is 22.4 Å². The smallest absolute Gasteiger partial charge is 0.153 e. The van der Waals surface area contributed by atoms with Crippen LogP contribution in [0.5, 0.6) is 0 Å². The summed E-state index contributed by atoms with van der Waals surface area (Å²) in [6, 6.07) is 9.15. The van der Waals surface area contributed by atoms with Gasteiger partial charge in [0.2, 0.25) is 0 Å². The fourth-order valence-electron chi connectivity index (χ4n) is 2.23. The Morgan fingerprint density at radius 2 is 1.95 bits per heavy atom. The molecule has 6 heteroatoms. The number of nitrogens with two attached hydrogens (primary N) is 1. The highest BCUT2D eigenvalue weighted by Crippen LogP contribution is 2.39. The molecule has 4 nitrogen and oxygen atoms in total. The van der Waals surface area contributed by atoms with Crippen molar-refractivity contribution in [3.8, 4) is 22.4 Å². The van der Waals surface area contributed by atoms with Gasteiger partial charge in [-0.2, -0.15) is 5.10 Å². The van der Waals surface area contributed by atoms with Gasteiger partial charge < -0.3 is 5.73 Å². The molecule has 1 aromatic carbocycles. The topological polar surface area (TPSA) is 67.6 Å². The van der Waals surface area contributed by atoms with Crippen LogP contribution >= 0.6 is 23.2 Å². The van der Waals surface area contributed by atoms with Gasteiger partial charge in [0.25, 0.3) is 0 Å². The van der Waals surface area contributed by atoms with Crippen LogP contribution in [0.15, 0.2) is 36.5 Å². The van der Waals surface area contributed by atoms with Crippen LogP contribution in [0.4, 0.5) is 5.82 Å². The molecule has 2 heterocycles. The summed E-state index contributed by atoms with van der Waals surface area (Å²) in [4.78, 5) is 4.19. The summed E-state index contributed by atoms with van der Waals surface area (Å²) < 4.78 is 0. The van der Waals surface area contributed by atoms with Gasteiger partial charge >= 0.3 is 0 Å². The molecule has 0 aliphatic heterocycles. The van der Waals surface area contributed by atoms with Crippen LogP contribution in [0.3, 0.4) is 0 Å². The zero-order valence-electron chi connectivity index (χ0n) is 11.2. The summed E-state index contributed by atoms with van der Waals surface area (Å²) in [5.41, 5.74) is 10.2. The van der Waals surface area contributed by atoms with Gasteiger partial charge in [-0.25, -0.2) is 0 Å². The standard InChI is InChI=1S/C15H12Cl2N4/c1-8-6-9(4-5-19-8)14-13(15(18)21-20-14)11-3-2-10(16)7-12(11)17/h2-7H,1H3,(H3,18,20,21). The van der Waals surface area contributed by atoms with Crippen molar-refractivity contribution < 1.29 is 0 Å². The zero-order chi connectivity index (χ0) is 15.0. The van der Waals surface area contributed by atoms with E-state index >= 15 is 0 Å². The number of aromatic nitrogens is 3. The predicted octanol–water partition coefficient (Wildman–Crippen LogP) is 4.34. The molecule has 0 fully saturated rings. The van der Waals surface area contributed by atoms with Crippen molar-refractivity contribution >= 4 is 29.0 Å². The van der Waals surface area contributed by atoms with E-state index in [0.717, 1.165) is 28.1 Å². The lowest BCUT2D eigenvalue weighted by atomic mass is 10.0. The molecule has 0 atom stereocenters. The minimum absolute atomic E-state index is 0.392. The van der Waals surface area contributed by atoms with E-state index in [1.807, 2.05) is 25.1 Å². The maximum absolute atomic E-state index is 6.29. The second-order valence-corrected chi connectivity index (χ2v) is 5.51. The first-order valence-electron chi connectivity index (χ1n) is 6.28. The highest BCUT2D eigenvalue weighted by Gasteiger charge is 2.17. The largest absolute Gasteiger partial charge is 0.382 e. The van der Waals surface area contributed by atoms with Crippen molar-refractivity contribution in [1.29, 1.82) is 0 Å². The van der Waals surface area contributed by atoms with Gasteiger partial charge in [0.05, 0.1) is 16.3 Å². The molecular formula is C15H12Cl2N4. The lowest BCUT2D eigenvalue weighted by molar-refractivity contribution is 1.10. The molecule has 2 aromatic heterocycles. The van der Waals surface area contributed by atoms with Gasteiger partial charge in [-0.15, -0.1) is 0 Å². The Bertz CT molecular complexity index is 811. The quantitative estimate of drug-likeness (QED) is 0.738. The third kappa shape index (κ3) is 2.60. The molecule has 0 unspecified atom stereocenters. The molecule has 0 saturated heterocycles. The maximum atomic E-state index is 6.29. The van der Waals surface area contributed by atoms with E-state index in [1.54, 1.807) is 18.3 Å². The van der Waals surface area contributed by atoms with E-state index in [1.165, 1.54) is 0 Å². The van der Waals surface area contributed by atoms with Gasteiger partial charge in [0.1, 0.15) is 0 Å². The molecule has 3 N–H and O–H groups in total. The first-order valence-corrected chi connectivity index (χ1v) is 7.04. The number of halogens is 2. The lowest BCUT2D eigenvalue weighted by Gasteiger charge is -2.07. The molecule has 0 bridgehead atoms. The summed E-state index contributed by atoms with van der Waals surface area (Å²) >= 11 is 12.2. The number of benzene rings is 1. The number of nitrogens with zero attached hydrogens (tertiary/aromatic N) is 2. The van der Waals surface area contributed by atoms with Gasteiger partial charge in [-0.3, -0.25) is 10.1 Å². The first-order chi connectivity index (χ1) is 10.1. The van der Waals surface area contributed by atoms with Crippen LogP contribution in [-0.4, -0.2) is 15.2 Å². The first kappa shape index (κ1) is 13.9. The van der Waals surface area contributed by atoms with Gasteiger partial charge in [-0.05, 0) is 31.2 Å². The Morgan fingerprint density at radius 3 is 2.67 bits per heavy atom. The summed E-state index contributed by atoms with van der Waals surface area (Å²) in [7, 11) is 0. The van der Waals surface area contributed by atoms with E-state index in [-0.39, 0.29) is 0 Å². The summed E-state index contributed by atoms with van der Waals surface area (Å²) in [5, 5.41) is 8.17. The Balaban J connectivity index is 2.22. The van der Waals surface area contributed by atoms with Gasteiger partial charge in [0.15, 0.2) is 5.82 Å². The van der Waals surface area contributed by atoms with Crippen molar-refractivity contribution in [3.05, 3.63) is 52.3 Å². The predicted molar refractivity (Wildman–Crippen MR) is 86.4 cm³/mol. The van der Waals surface area contributed by atoms with Gasteiger partial charge in [-0.1, -0.05) is 29.3 Å². The van der Waals surface area contributed by atoms with Crippen molar-refractivity contribution in [1.82, 2.24) is 15.2 Å². The van der Waals surface area contributed by atoms with Crippen molar-refractivity contribution in [3.63, 3.8) is 0 Å². The van der Waals surface area contributed by atoms with Crippen LogP contribution in [0.1, 0.15) is 5.69 Å². The third-order valence-electron chi connectivity index (χ3n) is 3.18. The summed E-state index contributed by atoms with van der Waals surface area (Å²) in [5.74, 6) is 0.392. The van der Waals surface area contributed by atoms with E-state index in [0.29, 0.717) is 15.9 Å². The fourth-order valence-corrected chi connectivity index (χ4v) is 2.73. The Morgan fingerprint density at radius 1 is 1.14 bits per heavy atom. The van der Waals surface area contributed by atoms with E-state index in [2.05, 4.69) is 15.2 Å². The molecule has 0 aliphatic carbocycles. The lowest BCUT2D eigenvalue weighted by Crippen LogP contribution is -1.90. The third-order valence-corrected chi connectivity index (χ3v) is 3.73. The summed E-state index contributed by atoms with van der Waals surface area (Å²) in [6.07, 6.45) is 1.74. The van der Waals surface area contributed by atoms with E-state index in [4.69, 9.17) is 28.9 Å². The average molecular weight is 319 g/mol. The number of H-pyrrole nitrogens is 1. The molecular weight excluding hydrogens is 307 g/mol. The highest BCUT2D eigenvalue weighted by atomic mass is 35.5. The van der Waals surface area contributed by atoms with Crippen LogP contribution in [-0.2, 0) is 0 Å². The van der Waals surface area contributed by atoms with Crippen molar-refractivity contribution in [2.45, 2.75) is 6.92 Å². The average Bonchev–Trinajstić information content (AvgIpc) is 2.81. The normalized spacial score (nSPS) is 10.8. The molecule has 0 aliphatic rings. The van der Waals surface area contributed by atoms with E-state index < -0.39 is 0 Å². The molecule has 106 valence electrons. The zero-order valence-corrected chi connectivity index (χ0v) is 12.7. The number of aryl methyl sites for hydroxylation is 1. The SMILES string of the molecule is Cc1cc(-c2[nH]nc(N)c2-c2ccc(Cl)cc2Cl)ccn1. The number of rotatable bonds is 2. The number of hydrogen-bond acceptors (Lipinski definition) is 3. The Kier molecular flexibility index (Phi) is 3.57. The molecule has 3 rings (SSSR count). The van der Waals surface area contributed by atoms with Crippen LogP contribution in [0, 0.1) is 6.92 Å². The Labute approximate surface area is 131 Å². The number of pyridine rings is 1. The molecule has 3 aromatic rings. The number of anilines is 1. The fraction of sp³-hybridized carbons (Fsp3) is 0.0667. The second-order valence-electron chi connectivity index (χ2n) is 4.67. The second kappa shape index (κ2) is 5.39. The molecule has 0 amide bonds. The van der Waals surface area contributed by atoms with Crippen molar-refractivity contribution in [2.75, 3.05) is 5.73 Å². The van der Waals surface area contributed by atoms with Gasteiger partial charge in [0, 0.05) is 28.0 Å². The monoisotopic (exact) mass is 318 g/mol.